The second-order valence-electron chi connectivity index (χ2n) is 0.896. The average molecular weight is 272 g/mol. The van der Waals surface area contributed by atoms with Gasteiger partial charge in [0.15, 0.2) is 0 Å². The quantitative estimate of drug-likeness (QED) is 0.115. The van der Waals surface area contributed by atoms with Crippen LogP contribution in [0.2, 0.25) is 0 Å². The molecule has 0 unspecified atom stereocenters. The van der Waals surface area contributed by atoms with Gasteiger partial charge < -0.3 is 5.48 Å². The number of rotatable bonds is 0. The van der Waals surface area contributed by atoms with E-state index in [1.165, 1.54) is 0 Å². The molecule has 0 radical (unpaired) electrons. The molecule has 0 atom stereocenters. The summed E-state index contributed by atoms with van der Waals surface area (Å²) < 4.78 is 63.2. The minimum atomic E-state index is -4.67. The zero-order valence-electron chi connectivity index (χ0n) is 5.63. The van der Waals surface area contributed by atoms with Crippen LogP contribution in [0.15, 0.2) is 0 Å². The molecule has 0 aromatic heterocycles. The van der Waals surface area contributed by atoms with Crippen molar-refractivity contribution in [3.63, 3.8) is 0 Å². The molecule has 0 aliphatic rings. The third kappa shape index (κ3) is 4430. The van der Waals surface area contributed by atoms with E-state index in [0.717, 1.165) is 0 Å². The van der Waals surface area contributed by atoms with E-state index in [2.05, 4.69) is 0 Å². The fraction of sp³-hybridized carbons (Fsp3) is 0. The van der Waals surface area contributed by atoms with E-state index in [9.17, 15) is 0 Å². The Hall–Kier alpha value is 0.620. The van der Waals surface area contributed by atoms with Gasteiger partial charge in [0, 0.05) is 0 Å². The van der Waals surface area contributed by atoms with E-state index in [0.29, 0.717) is 0 Å². The van der Waals surface area contributed by atoms with Gasteiger partial charge in [-0.05, 0) is 0 Å². The summed E-state index contributed by atoms with van der Waals surface area (Å²) in [5, 5.41) is 12.0. The normalized spacial score (nSPS) is 8.71. The van der Waals surface area contributed by atoms with Crippen LogP contribution in [0.25, 0.3) is 0 Å². The van der Waals surface area contributed by atoms with E-state index >= 15 is 0 Å². The van der Waals surface area contributed by atoms with Crippen LogP contribution in [0.1, 0.15) is 0 Å². The molecule has 0 aliphatic carbocycles. The van der Waals surface area contributed by atoms with Crippen LogP contribution < -0.4 is 0 Å². The molecule has 0 bridgehead atoms. The van der Waals surface area contributed by atoms with E-state index in [1.807, 2.05) is 0 Å². The van der Waals surface area contributed by atoms with Gasteiger partial charge in [-0.2, -0.15) is 16.8 Å². The summed E-state index contributed by atoms with van der Waals surface area (Å²) in [7, 11) is -9.33. The molecule has 88 valence electrons. The molecule has 0 aromatic carbocycles. The SMILES string of the molecule is O.O=S(=O)(O)O.O=S(=O)(O)O.OO.[NaH]. The van der Waals surface area contributed by atoms with Crippen molar-refractivity contribution in [3.05, 3.63) is 0 Å². The first-order valence-electron chi connectivity index (χ1n) is 1.60. The molecule has 0 aromatic rings. The van der Waals surface area contributed by atoms with E-state index in [-0.39, 0.29) is 35.0 Å². The van der Waals surface area contributed by atoms with Crippen molar-refractivity contribution in [1.29, 1.82) is 0 Å². The molecule has 14 heteroatoms. The Balaban J connectivity index is -0.0000000292. The maximum absolute atomic E-state index is 8.74. The summed E-state index contributed by atoms with van der Waals surface area (Å²) in [5.41, 5.74) is 0. The minimum absolute atomic E-state index is 0. The zero-order chi connectivity index (χ0) is 11.0. The molecule has 0 spiro atoms. The molecule has 11 nitrogen and oxygen atoms in total. The van der Waals surface area contributed by atoms with Crippen LogP contribution in [0.4, 0.5) is 0 Å². The number of hydrogen-bond acceptors (Lipinski definition) is 6. The molecule has 0 saturated carbocycles. The van der Waals surface area contributed by atoms with Gasteiger partial charge in [0.2, 0.25) is 0 Å². The Morgan fingerprint density at radius 3 is 0.643 bits per heavy atom. The predicted molar refractivity (Wildman–Crippen MR) is 44.4 cm³/mol. The van der Waals surface area contributed by atoms with Gasteiger partial charge in [-0.15, -0.1) is 0 Å². The van der Waals surface area contributed by atoms with Crippen molar-refractivity contribution in [3.8, 4) is 0 Å². The Morgan fingerprint density at radius 2 is 0.643 bits per heavy atom. The number of hydrogen-bond donors (Lipinski definition) is 6. The van der Waals surface area contributed by atoms with Crippen LogP contribution in [0.5, 0.6) is 0 Å². The third-order valence-corrected chi connectivity index (χ3v) is 0. The molecule has 0 aliphatic heterocycles. The Kier molecular flexibility index (Phi) is 28.5. The fourth-order valence-electron chi connectivity index (χ4n) is 0. The fourth-order valence-corrected chi connectivity index (χ4v) is 0. The summed E-state index contributed by atoms with van der Waals surface area (Å²) >= 11 is 0. The van der Waals surface area contributed by atoms with Crippen molar-refractivity contribution in [2.24, 2.45) is 0 Å². The van der Waals surface area contributed by atoms with Crippen molar-refractivity contribution in [1.82, 2.24) is 0 Å². The molecule has 0 saturated heterocycles. The molecule has 0 heterocycles. The summed E-state index contributed by atoms with van der Waals surface area (Å²) in [6.07, 6.45) is 0. The topological polar surface area (TPSA) is 221 Å². The molecule has 8 N–H and O–H groups in total. The summed E-state index contributed by atoms with van der Waals surface area (Å²) in [6, 6.07) is 0. The Morgan fingerprint density at radius 1 is 0.643 bits per heavy atom. The first kappa shape index (κ1) is 29.3. The van der Waals surface area contributed by atoms with Crippen LogP contribution >= 0.6 is 0 Å². The predicted octanol–water partition coefficient (Wildman–Crippen LogP) is -2.76. The van der Waals surface area contributed by atoms with E-state index in [4.69, 9.17) is 45.6 Å². The van der Waals surface area contributed by atoms with Gasteiger partial charge in [-0.3, -0.25) is 28.7 Å². The van der Waals surface area contributed by atoms with Crippen molar-refractivity contribution < 1.29 is 51.0 Å². The standard InChI is InChI=1S/Na.2H2O4S.H2O2.H2O.H/c;2*1-5(2,3)4;1-2;;/h;2*(H2,1,2,3,4);1-2H;1H2;. The summed E-state index contributed by atoms with van der Waals surface area (Å²) in [5.74, 6) is 0. The second-order valence-corrected chi connectivity index (χ2v) is 2.69. The van der Waals surface area contributed by atoms with Crippen LogP contribution in [0.3, 0.4) is 0 Å². The van der Waals surface area contributed by atoms with Gasteiger partial charge >= 0.3 is 50.4 Å². The van der Waals surface area contributed by atoms with Crippen LogP contribution in [-0.4, -0.2) is 80.6 Å². The first-order valence-corrected chi connectivity index (χ1v) is 4.39. The molecular weight excluding hydrogens is 263 g/mol. The van der Waals surface area contributed by atoms with E-state index < -0.39 is 20.8 Å². The molecule has 14 heavy (non-hydrogen) atoms. The van der Waals surface area contributed by atoms with Crippen LogP contribution in [-0.2, 0) is 20.8 Å². The van der Waals surface area contributed by atoms with Gasteiger partial charge in [0.05, 0.1) is 0 Å². The molecule has 0 fully saturated rings. The average Bonchev–Trinajstić information content (AvgIpc) is 1.59. The maximum atomic E-state index is 8.74. The molecule has 0 rings (SSSR count). The van der Waals surface area contributed by atoms with Crippen LogP contribution in [0, 0.1) is 0 Å². The van der Waals surface area contributed by atoms with E-state index in [1.54, 1.807) is 0 Å². The molecule has 0 amide bonds. The summed E-state index contributed by atoms with van der Waals surface area (Å²) in [6.45, 7) is 0. The van der Waals surface area contributed by atoms with Gasteiger partial charge in [-0.25, -0.2) is 0 Å². The summed E-state index contributed by atoms with van der Waals surface area (Å²) in [4.78, 5) is 0. The first-order chi connectivity index (χ1) is 5.00. The zero-order valence-corrected chi connectivity index (χ0v) is 7.27. The van der Waals surface area contributed by atoms with Crippen molar-refractivity contribution in [2.45, 2.75) is 0 Å². The molecular formula is H9NaO11S2. The Labute approximate surface area is 101 Å². The monoisotopic (exact) mass is 272 g/mol. The van der Waals surface area contributed by atoms with Crippen molar-refractivity contribution >= 4 is 50.4 Å². The Bertz CT molecular complexity index is 210. The second kappa shape index (κ2) is 13.6. The third-order valence-electron chi connectivity index (χ3n) is 0. The van der Waals surface area contributed by atoms with Gasteiger partial charge in [0.1, 0.15) is 0 Å². The van der Waals surface area contributed by atoms with Gasteiger partial charge in [0.25, 0.3) is 0 Å². The van der Waals surface area contributed by atoms with Gasteiger partial charge in [-0.1, -0.05) is 0 Å². The van der Waals surface area contributed by atoms with Crippen molar-refractivity contribution in [2.75, 3.05) is 0 Å².